The van der Waals surface area contributed by atoms with Crippen molar-refractivity contribution in [1.29, 1.82) is 0 Å². The van der Waals surface area contributed by atoms with Crippen LogP contribution in [0.5, 0.6) is 0 Å². The lowest BCUT2D eigenvalue weighted by molar-refractivity contribution is -0.146. The molecule has 0 aromatic rings. The fraction of sp³-hybridized carbons (Fsp3) is 0.600. The first-order chi connectivity index (χ1) is 8.70. The summed E-state index contributed by atoms with van der Waals surface area (Å²) in [6, 6.07) is 0. The van der Waals surface area contributed by atoms with Gasteiger partial charge in [-0.3, -0.25) is 9.59 Å². The second-order valence-electron chi connectivity index (χ2n) is 4.25. The Morgan fingerprint density at radius 3 is 2.28 bits per heavy atom. The quantitative estimate of drug-likeness (QED) is 0.231. The SMILES string of the molecule is C=CCCCCCC(=O)CC(=O)OCCCC=C. The van der Waals surface area contributed by atoms with Crippen molar-refractivity contribution >= 4 is 11.8 Å². The van der Waals surface area contributed by atoms with Crippen molar-refractivity contribution in [2.24, 2.45) is 0 Å². The molecule has 0 saturated carbocycles. The fourth-order valence-electron chi connectivity index (χ4n) is 1.50. The van der Waals surface area contributed by atoms with Gasteiger partial charge in [-0.1, -0.05) is 18.6 Å². The van der Waals surface area contributed by atoms with Gasteiger partial charge in [0.1, 0.15) is 12.2 Å². The number of allylic oxidation sites excluding steroid dienone is 2. The monoisotopic (exact) mass is 252 g/mol. The number of hydrogen-bond acceptors (Lipinski definition) is 3. The van der Waals surface area contributed by atoms with Crippen LogP contribution in [0.2, 0.25) is 0 Å². The average Bonchev–Trinajstić information content (AvgIpc) is 2.34. The Labute approximate surface area is 110 Å². The Balaban J connectivity index is 3.46. The molecule has 18 heavy (non-hydrogen) atoms. The molecule has 0 N–H and O–H groups in total. The van der Waals surface area contributed by atoms with Crippen LogP contribution in [0.4, 0.5) is 0 Å². The Morgan fingerprint density at radius 2 is 1.61 bits per heavy atom. The predicted molar refractivity (Wildman–Crippen MR) is 73.3 cm³/mol. The number of unbranched alkanes of at least 4 members (excludes halogenated alkanes) is 4. The van der Waals surface area contributed by atoms with E-state index in [1.807, 2.05) is 6.08 Å². The second-order valence-corrected chi connectivity index (χ2v) is 4.25. The summed E-state index contributed by atoms with van der Waals surface area (Å²) in [6.45, 7) is 7.59. The lowest BCUT2D eigenvalue weighted by atomic mass is 10.1. The third-order valence-electron chi connectivity index (χ3n) is 2.52. The van der Waals surface area contributed by atoms with Gasteiger partial charge in [0.15, 0.2) is 0 Å². The number of esters is 1. The van der Waals surface area contributed by atoms with Crippen LogP contribution >= 0.6 is 0 Å². The Hall–Kier alpha value is -1.38. The maximum absolute atomic E-state index is 11.4. The van der Waals surface area contributed by atoms with Crippen molar-refractivity contribution in [3.63, 3.8) is 0 Å². The summed E-state index contributed by atoms with van der Waals surface area (Å²) < 4.78 is 4.94. The summed E-state index contributed by atoms with van der Waals surface area (Å²) in [5.41, 5.74) is 0. The molecule has 0 aliphatic rings. The molecule has 0 rings (SSSR count). The van der Waals surface area contributed by atoms with Crippen LogP contribution in [0.1, 0.15) is 51.4 Å². The molecule has 0 aromatic carbocycles. The first-order valence-corrected chi connectivity index (χ1v) is 6.59. The lowest BCUT2D eigenvalue weighted by Crippen LogP contribution is -2.11. The molecule has 0 aliphatic carbocycles. The van der Waals surface area contributed by atoms with E-state index in [1.165, 1.54) is 0 Å². The first kappa shape index (κ1) is 16.6. The van der Waals surface area contributed by atoms with Crippen molar-refractivity contribution in [3.05, 3.63) is 25.3 Å². The molecule has 0 spiro atoms. The minimum atomic E-state index is -0.407. The van der Waals surface area contributed by atoms with Gasteiger partial charge in [0.2, 0.25) is 0 Å². The van der Waals surface area contributed by atoms with E-state index in [1.54, 1.807) is 6.08 Å². The molecule has 102 valence electrons. The highest BCUT2D eigenvalue weighted by Gasteiger charge is 2.09. The van der Waals surface area contributed by atoms with Gasteiger partial charge in [-0.25, -0.2) is 0 Å². The summed E-state index contributed by atoms with van der Waals surface area (Å²) in [6.07, 6.45) is 9.53. The standard InChI is InChI=1S/C15H24O3/c1-3-5-7-8-9-11-14(16)13-15(17)18-12-10-6-4-2/h3-4H,1-2,5-13H2. The zero-order valence-corrected chi connectivity index (χ0v) is 11.2. The van der Waals surface area contributed by atoms with Crippen LogP contribution in [0, 0.1) is 0 Å². The number of carbonyl (C=O) groups excluding carboxylic acids is 2. The second kappa shape index (κ2) is 12.1. The summed E-state index contributed by atoms with van der Waals surface area (Å²) in [5.74, 6) is -0.433. The van der Waals surface area contributed by atoms with Crippen molar-refractivity contribution in [2.75, 3.05) is 6.61 Å². The van der Waals surface area contributed by atoms with Crippen molar-refractivity contribution in [1.82, 2.24) is 0 Å². The van der Waals surface area contributed by atoms with E-state index in [0.29, 0.717) is 13.0 Å². The minimum absolute atomic E-state index is 0.0256. The molecule has 3 nitrogen and oxygen atoms in total. The first-order valence-electron chi connectivity index (χ1n) is 6.59. The van der Waals surface area contributed by atoms with E-state index in [-0.39, 0.29) is 12.2 Å². The Kier molecular flexibility index (Phi) is 11.2. The van der Waals surface area contributed by atoms with Gasteiger partial charge in [-0.2, -0.15) is 0 Å². The number of Topliss-reactive ketones (excluding diaryl/α,β-unsaturated/α-hetero) is 1. The Morgan fingerprint density at radius 1 is 0.944 bits per heavy atom. The van der Waals surface area contributed by atoms with E-state index in [2.05, 4.69) is 13.2 Å². The maximum Gasteiger partial charge on any atom is 0.313 e. The topological polar surface area (TPSA) is 43.4 Å². The minimum Gasteiger partial charge on any atom is -0.465 e. The van der Waals surface area contributed by atoms with Gasteiger partial charge < -0.3 is 4.74 Å². The van der Waals surface area contributed by atoms with Crippen LogP contribution in [0.3, 0.4) is 0 Å². The number of carbonyl (C=O) groups is 2. The molecule has 3 heteroatoms. The lowest BCUT2D eigenvalue weighted by Gasteiger charge is -2.03. The molecule has 0 fully saturated rings. The van der Waals surface area contributed by atoms with Gasteiger partial charge in [-0.15, -0.1) is 13.2 Å². The normalized spacial score (nSPS) is 9.78. The van der Waals surface area contributed by atoms with Crippen LogP contribution in [-0.2, 0) is 14.3 Å². The molecular weight excluding hydrogens is 228 g/mol. The average molecular weight is 252 g/mol. The molecule has 0 aromatic heterocycles. The van der Waals surface area contributed by atoms with E-state index in [0.717, 1.165) is 38.5 Å². The van der Waals surface area contributed by atoms with Crippen LogP contribution in [0.25, 0.3) is 0 Å². The van der Waals surface area contributed by atoms with Gasteiger partial charge in [-0.05, 0) is 32.1 Å². The highest BCUT2D eigenvalue weighted by molar-refractivity contribution is 5.95. The van der Waals surface area contributed by atoms with Gasteiger partial charge in [0.25, 0.3) is 0 Å². The van der Waals surface area contributed by atoms with E-state index in [9.17, 15) is 9.59 Å². The van der Waals surface area contributed by atoms with Crippen LogP contribution in [0.15, 0.2) is 25.3 Å². The van der Waals surface area contributed by atoms with Crippen LogP contribution in [-0.4, -0.2) is 18.4 Å². The fourth-order valence-corrected chi connectivity index (χ4v) is 1.50. The zero-order chi connectivity index (χ0) is 13.6. The molecule has 0 heterocycles. The largest absolute Gasteiger partial charge is 0.465 e. The molecule has 0 amide bonds. The molecule has 0 aliphatic heterocycles. The van der Waals surface area contributed by atoms with E-state index >= 15 is 0 Å². The van der Waals surface area contributed by atoms with Gasteiger partial charge >= 0.3 is 5.97 Å². The molecule has 0 radical (unpaired) electrons. The number of ether oxygens (including phenoxy) is 1. The van der Waals surface area contributed by atoms with Crippen molar-refractivity contribution in [2.45, 2.75) is 51.4 Å². The molecule has 0 unspecified atom stereocenters. The highest BCUT2D eigenvalue weighted by atomic mass is 16.5. The van der Waals surface area contributed by atoms with Crippen LogP contribution < -0.4 is 0 Å². The third kappa shape index (κ3) is 11.1. The zero-order valence-electron chi connectivity index (χ0n) is 11.2. The third-order valence-corrected chi connectivity index (χ3v) is 2.52. The molecule has 0 bridgehead atoms. The van der Waals surface area contributed by atoms with Gasteiger partial charge in [0.05, 0.1) is 6.61 Å². The maximum atomic E-state index is 11.4. The van der Waals surface area contributed by atoms with E-state index in [4.69, 9.17) is 4.74 Å². The number of hydrogen-bond donors (Lipinski definition) is 0. The molecule has 0 saturated heterocycles. The smallest absolute Gasteiger partial charge is 0.313 e. The summed E-state index contributed by atoms with van der Waals surface area (Å²) in [7, 11) is 0. The van der Waals surface area contributed by atoms with Gasteiger partial charge in [0, 0.05) is 6.42 Å². The summed E-state index contributed by atoms with van der Waals surface area (Å²) in [4.78, 5) is 22.7. The summed E-state index contributed by atoms with van der Waals surface area (Å²) >= 11 is 0. The predicted octanol–water partition coefficient (Wildman–Crippen LogP) is 3.59. The number of rotatable bonds is 12. The van der Waals surface area contributed by atoms with Crippen molar-refractivity contribution in [3.8, 4) is 0 Å². The molecule has 0 atom stereocenters. The molecular formula is C15H24O3. The van der Waals surface area contributed by atoms with Crippen molar-refractivity contribution < 1.29 is 14.3 Å². The van der Waals surface area contributed by atoms with E-state index < -0.39 is 5.97 Å². The Bertz CT molecular complexity index is 269. The number of ketones is 1. The highest BCUT2D eigenvalue weighted by Crippen LogP contribution is 2.05. The summed E-state index contributed by atoms with van der Waals surface area (Å²) in [5, 5.41) is 0.